The summed E-state index contributed by atoms with van der Waals surface area (Å²) in [6.45, 7) is 5.85. The monoisotopic (exact) mass is 328 g/mol. The summed E-state index contributed by atoms with van der Waals surface area (Å²) in [5, 5.41) is 3.16. The normalized spacial score (nSPS) is 16.0. The van der Waals surface area contributed by atoms with Crippen molar-refractivity contribution in [1.82, 2.24) is 9.38 Å². The maximum atomic E-state index is 6.04. The molecule has 1 saturated heterocycles. The van der Waals surface area contributed by atoms with Crippen LogP contribution in [0.25, 0.3) is 16.9 Å². The average Bonchev–Trinajstić information content (AvgIpc) is 2.95. The second-order valence-corrected chi connectivity index (χ2v) is 6.57. The van der Waals surface area contributed by atoms with E-state index in [1.54, 1.807) is 4.90 Å². The molecule has 0 spiro atoms. The van der Waals surface area contributed by atoms with Gasteiger partial charge in [0, 0.05) is 16.8 Å². The first-order valence-corrected chi connectivity index (χ1v) is 8.56. The number of piperazine rings is 1. The Hall–Kier alpha value is -1.88. The molecule has 3 heterocycles. The van der Waals surface area contributed by atoms with E-state index < -0.39 is 0 Å². The molecule has 1 aromatic carbocycles. The number of nitrogens with zero attached hydrogens (tertiary/aromatic N) is 2. The fourth-order valence-electron chi connectivity index (χ4n) is 3.35. The third-order valence-electron chi connectivity index (χ3n) is 4.57. The summed E-state index contributed by atoms with van der Waals surface area (Å²) < 4.78 is 2.23. The molecule has 4 nitrogen and oxygen atoms in total. The van der Waals surface area contributed by atoms with Crippen LogP contribution < -0.4 is 10.2 Å². The minimum absolute atomic E-state index is 0.760. The predicted octanol–water partition coefficient (Wildman–Crippen LogP) is 0.617. The van der Waals surface area contributed by atoms with Crippen molar-refractivity contribution in [3.05, 3.63) is 59.4 Å². The van der Waals surface area contributed by atoms with Gasteiger partial charge in [-0.3, -0.25) is 4.40 Å². The van der Waals surface area contributed by atoms with Gasteiger partial charge < -0.3 is 10.2 Å². The SMILES string of the molecule is Clc1ccc(-c2nc3ccccn3c2C[NH+]2CC[NH2+]CC2)cc1. The molecule has 5 heteroatoms. The topological polar surface area (TPSA) is 38.4 Å². The summed E-state index contributed by atoms with van der Waals surface area (Å²) in [7, 11) is 0. The van der Waals surface area contributed by atoms with Crippen LogP contribution in [0.5, 0.6) is 0 Å². The molecule has 1 fully saturated rings. The first-order chi connectivity index (χ1) is 11.3. The molecule has 0 unspecified atom stereocenters. The third-order valence-corrected chi connectivity index (χ3v) is 4.82. The number of benzene rings is 1. The average molecular weight is 329 g/mol. The molecule has 3 N–H and O–H groups in total. The minimum atomic E-state index is 0.760. The number of hydrogen-bond donors (Lipinski definition) is 2. The lowest BCUT2D eigenvalue weighted by atomic mass is 10.1. The van der Waals surface area contributed by atoms with Crippen molar-refractivity contribution in [2.24, 2.45) is 0 Å². The van der Waals surface area contributed by atoms with E-state index in [-0.39, 0.29) is 0 Å². The largest absolute Gasteiger partial charge is 0.337 e. The number of hydrogen-bond acceptors (Lipinski definition) is 1. The highest BCUT2D eigenvalue weighted by Crippen LogP contribution is 2.25. The summed E-state index contributed by atoms with van der Waals surface area (Å²) >= 11 is 6.04. The highest BCUT2D eigenvalue weighted by Gasteiger charge is 2.21. The highest BCUT2D eigenvalue weighted by atomic mass is 35.5. The first-order valence-electron chi connectivity index (χ1n) is 8.18. The lowest BCUT2D eigenvalue weighted by Crippen LogP contribution is -3.19. The van der Waals surface area contributed by atoms with Gasteiger partial charge in [0.25, 0.3) is 0 Å². The molecular formula is C18H21ClN4+2. The Morgan fingerprint density at radius 2 is 1.87 bits per heavy atom. The summed E-state index contributed by atoms with van der Waals surface area (Å²) in [4.78, 5) is 6.51. The third kappa shape index (κ3) is 2.98. The predicted molar refractivity (Wildman–Crippen MR) is 91.7 cm³/mol. The van der Waals surface area contributed by atoms with Gasteiger partial charge in [0.15, 0.2) is 0 Å². The van der Waals surface area contributed by atoms with E-state index in [1.807, 2.05) is 18.2 Å². The van der Waals surface area contributed by atoms with E-state index in [0.717, 1.165) is 28.5 Å². The van der Waals surface area contributed by atoms with Gasteiger partial charge in [-0.2, -0.15) is 0 Å². The van der Waals surface area contributed by atoms with Crippen molar-refractivity contribution >= 4 is 17.2 Å². The molecule has 0 radical (unpaired) electrons. The van der Waals surface area contributed by atoms with Crippen LogP contribution in [0, 0.1) is 0 Å². The Morgan fingerprint density at radius 3 is 2.65 bits per heavy atom. The molecule has 4 rings (SSSR count). The Labute approximate surface area is 140 Å². The van der Waals surface area contributed by atoms with Crippen LogP contribution in [-0.2, 0) is 6.54 Å². The van der Waals surface area contributed by atoms with Gasteiger partial charge in [0.1, 0.15) is 44.1 Å². The van der Waals surface area contributed by atoms with Crippen LogP contribution in [-0.4, -0.2) is 35.6 Å². The van der Waals surface area contributed by atoms with Crippen molar-refractivity contribution in [3.8, 4) is 11.3 Å². The standard InChI is InChI=1S/C18H19ClN4/c19-15-6-4-14(5-7-15)18-16(13-22-11-8-20-9-12-22)23-10-2-1-3-17(23)21-18/h1-7,10,20H,8-9,11-13H2/p+2. The van der Waals surface area contributed by atoms with Crippen LogP contribution in [0.3, 0.4) is 0 Å². The van der Waals surface area contributed by atoms with Gasteiger partial charge in [0.2, 0.25) is 0 Å². The van der Waals surface area contributed by atoms with E-state index in [9.17, 15) is 0 Å². The molecule has 3 aromatic rings. The van der Waals surface area contributed by atoms with E-state index in [2.05, 4.69) is 40.2 Å². The van der Waals surface area contributed by atoms with Gasteiger partial charge in [-0.1, -0.05) is 29.8 Å². The maximum Gasteiger partial charge on any atom is 0.137 e. The molecule has 0 saturated carbocycles. The molecule has 2 aromatic heterocycles. The lowest BCUT2D eigenvalue weighted by molar-refractivity contribution is -0.958. The first kappa shape index (κ1) is 14.7. The van der Waals surface area contributed by atoms with Gasteiger partial charge in [-0.25, -0.2) is 4.98 Å². The van der Waals surface area contributed by atoms with Crippen molar-refractivity contribution < 1.29 is 10.2 Å². The molecule has 118 valence electrons. The molecule has 1 aliphatic heterocycles. The number of aromatic nitrogens is 2. The van der Waals surface area contributed by atoms with Crippen molar-refractivity contribution in [2.45, 2.75) is 6.54 Å². The number of pyridine rings is 1. The van der Waals surface area contributed by atoms with Crippen LogP contribution >= 0.6 is 11.6 Å². The zero-order valence-electron chi connectivity index (χ0n) is 13.0. The molecular weight excluding hydrogens is 308 g/mol. The maximum absolute atomic E-state index is 6.04. The van der Waals surface area contributed by atoms with Gasteiger partial charge >= 0.3 is 0 Å². The number of nitrogens with one attached hydrogen (secondary N) is 1. The quantitative estimate of drug-likeness (QED) is 0.727. The number of halogens is 1. The van der Waals surface area contributed by atoms with E-state index in [4.69, 9.17) is 16.6 Å². The Kier molecular flexibility index (Phi) is 4.04. The lowest BCUT2D eigenvalue weighted by Gasteiger charge is -2.22. The molecule has 1 aliphatic rings. The van der Waals surface area contributed by atoms with Crippen molar-refractivity contribution in [1.29, 1.82) is 0 Å². The summed E-state index contributed by atoms with van der Waals surface area (Å²) in [6, 6.07) is 14.2. The molecule has 0 atom stereocenters. The van der Waals surface area contributed by atoms with Gasteiger partial charge in [-0.15, -0.1) is 0 Å². The molecule has 0 amide bonds. The van der Waals surface area contributed by atoms with E-state index >= 15 is 0 Å². The Morgan fingerprint density at radius 1 is 1.09 bits per heavy atom. The highest BCUT2D eigenvalue weighted by molar-refractivity contribution is 6.30. The number of nitrogens with two attached hydrogens (primary N) is 1. The Balaban J connectivity index is 1.79. The second-order valence-electron chi connectivity index (χ2n) is 6.14. The van der Waals surface area contributed by atoms with Crippen LogP contribution in [0.2, 0.25) is 5.02 Å². The van der Waals surface area contributed by atoms with Crippen LogP contribution in [0.1, 0.15) is 5.69 Å². The van der Waals surface area contributed by atoms with Crippen LogP contribution in [0.15, 0.2) is 48.7 Å². The fraction of sp³-hybridized carbons (Fsp3) is 0.278. The Bertz CT molecular complexity index is 804. The van der Waals surface area contributed by atoms with Crippen LogP contribution in [0.4, 0.5) is 0 Å². The molecule has 23 heavy (non-hydrogen) atoms. The smallest absolute Gasteiger partial charge is 0.137 e. The number of fused-ring (bicyclic) bond motifs is 1. The van der Waals surface area contributed by atoms with Gasteiger partial charge in [-0.05, 0) is 24.3 Å². The second kappa shape index (κ2) is 6.32. The summed E-state index contributed by atoms with van der Waals surface area (Å²) in [6.07, 6.45) is 2.12. The number of imidazole rings is 1. The van der Waals surface area contributed by atoms with Crippen molar-refractivity contribution in [2.75, 3.05) is 26.2 Å². The van der Waals surface area contributed by atoms with E-state index in [0.29, 0.717) is 0 Å². The number of rotatable bonds is 3. The minimum Gasteiger partial charge on any atom is -0.337 e. The van der Waals surface area contributed by atoms with E-state index in [1.165, 1.54) is 31.9 Å². The molecule has 0 aliphatic carbocycles. The zero-order valence-corrected chi connectivity index (χ0v) is 13.8. The van der Waals surface area contributed by atoms with Gasteiger partial charge in [0.05, 0.1) is 5.69 Å². The van der Waals surface area contributed by atoms with Crippen molar-refractivity contribution in [3.63, 3.8) is 0 Å². The summed E-state index contributed by atoms with van der Waals surface area (Å²) in [5.74, 6) is 0. The number of quaternary nitrogens is 2. The fourth-order valence-corrected chi connectivity index (χ4v) is 3.48. The summed E-state index contributed by atoms with van der Waals surface area (Å²) in [5.41, 5.74) is 4.52. The zero-order chi connectivity index (χ0) is 15.6. The molecule has 0 bridgehead atoms.